The molecule has 1 heterocycles. The van der Waals surface area contributed by atoms with E-state index in [1.165, 1.54) is 121 Å². The fraction of sp³-hybridized carbons (Fsp3) is 0.955. The average Bonchev–Trinajstić information content (AvgIpc) is 2.57. The van der Waals surface area contributed by atoms with Crippen LogP contribution in [0.15, 0.2) is 0 Å². The van der Waals surface area contributed by atoms with E-state index < -0.39 is 5.97 Å². The maximum absolute atomic E-state index is 8.89. The maximum atomic E-state index is 8.89. The molecule has 1 fully saturated rings. The SMILES string of the molecule is CC(=O)[O-].CCCCCCCCCCCC[N+]1(CCC)CCCCC1. The highest BCUT2D eigenvalue weighted by Gasteiger charge is 2.27. The number of carbonyl (C=O) groups is 1. The van der Waals surface area contributed by atoms with Gasteiger partial charge in [0.25, 0.3) is 0 Å². The van der Waals surface area contributed by atoms with Gasteiger partial charge in [-0.25, -0.2) is 0 Å². The van der Waals surface area contributed by atoms with Crippen molar-refractivity contribution >= 4 is 5.97 Å². The van der Waals surface area contributed by atoms with Gasteiger partial charge in [-0.3, -0.25) is 0 Å². The number of likely N-dealkylation sites (tertiary alicyclic amines) is 1. The van der Waals surface area contributed by atoms with Crippen LogP contribution in [0.4, 0.5) is 0 Å². The van der Waals surface area contributed by atoms with E-state index in [1.807, 2.05) is 0 Å². The van der Waals surface area contributed by atoms with Gasteiger partial charge in [-0.05, 0) is 45.4 Å². The van der Waals surface area contributed by atoms with E-state index in [-0.39, 0.29) is 0 Å². The summed E-state index contributed by atoms with van der Waals surface area (Å²) in [5.74, 6) is -1.08. The molecule has 0 bridgehead atoms. The van der Waals surface area contributed by atoms with Crippen molar-refractivity contribution in [1.82, 2.24) is 0 Å². The van der Waals surface area contributed by atoms with Crippen LogP contribution in [0.25, 0.3) is 0 Å². The molecule has 0 saturated carbocycles. The molecular formula is C22H45NO2. The minimum atomic E-state index is -1.08. The van der Waals surface area contributed by atoms with E-state index in [0.717, 1.165) is 6.92 Å². The van der Waals surface area contributed by atoms with Crippen LogP contribution in [0.3, 0.4) is 0 Å². The van der Waals surface area contributed by atoms with Crippen LogP contribution < -0.4 is 5.11 Å². The Balaban J connectivity index is 0.00000129. The van der Waals surface area contributed by atoms with Crippen molar-refractivity contribution in [3.63, 3.8) is 0 Å². The molecule has 3 heteroatoms. The summed E-state index contributed by atoms with van der Waals surface area (Å²) in [6.07, 6.45) is 20.5. The molecule has 1 aliphatic heterocycles. The monoisotopic (exact) mass is 355 g/mol. The van der Waals surface area contributed by atoms with Crippen LogP contribution in [0.2, 0.25) is 0 Å². The number of hydrogen-bond acceptors (Lipinski definition) is 2. The van der Waals surface area contributed by atoms with E-state index in [9.17, 15) is 0 Å². The number of rotatable bonds is 13. The Bertz CT molecular complexity index is 289. The summed E-state index contributed by atoms with van der Waals surface area (Å²) in [5, 5.41) is 8.89. The molecule has 1 saturated heterocycles. The predicted octanol–water partition coefficient (Wildman–Crippen LogP) is 5.07. The molecule has 0 unspecified atom stereocenters. The lowest BCUT2D eigenvalue weighted by Gasteiger charge is -2.41. The van der Waals surface area contributed by atoms with Crippen molar-refractivity contribution in [1.29, 1.82) is 0 Å². The highest BCUT2D eigenvalue weighted by Crippen LogP contribution is 2.21. The Morgan fingerprint density at radius 1 is 0.720 bits per heavy atom. The molecule has 0 spiro atoms. The van der Waals surface area contributed by atoms with E-state index >= 15 is 0 Å². The number of hydrogen-bond donors (Lipinski definition) is 0. The lowest BCUT2D eigenvalue weighted by Crippen LogP contribution is -2.52. The standard InChI is InChI=1S/C20H42N.C2H4O2/c1-3-5-6-7-8-9-10-11-12-14-18-21(17-4-2)19-15-13-16-20-21;1-2(3)4/h3-20H2,1-2H3;1H3,(H,3,4)/q+1;/p-1. The van der Waals surface area contributed by atoms with Gasteiger partial charge in [0.1, 0.15) is 0 Å². The summed E-state index contributed by atoms with van der Waals surface area (Å²) in [6.45, 7) is 11.5. The van der Waals surface area contributed by atoms with E-state index in [2.05, 4.69) is 13.8 Å². The zero-order chi connectivity index (χ0) is 18.8. The second-order valence-corrected chi connectivity index (χ2v) is 7.97. The summed E-state index contributed by atoms with van der Waals surface area (Å²) in [4.78, 5) is 8.89. The van der Waals surface area contributed by atoms with Crippen molar-refractivity contribution in [3.8, 4) is 0 Å². The predicted molar refractivity (Wildman–Crippen MR) is 106 cm³/mol. The first-order valence-electron chi connectivity index (χ1n) is 11.1. The molecule has 3 nitrogen and oxygen atoms in total. The minimum absolute atomic E-state index is 0.972. The fourth-order valence-electron chi connectivity index (χ4n) is 4.15. The van der Waals surface area contributed by atoms with Gasteiger partial charge in [-0.15, -0.1) is 0 Å². The number of unbranched alkanes of at least 4 members (excludes halogenated alkanes) is 9. The second kappa shape index (κ2) is 16.9. The first-order valence-corrected chi connectivity index (χ1v) is 11.1. The van der Waals surface area contributed by atoms with Gasteiger partial charge in [-0.1, -0.05) is 65.2 Å². The summed E-state index contributed by atoms with van der Waals surface area (Å²) < 4.78 is 1.47. The topological polar surface area (TPSA) is 40.1 Å². The summed E-state index contributed by atoms with van der Waals surface area (Å²) in [7, 11) is 0. The molecule has 25 heavy (non-hydrogen) atoms. The Morgan fingerprint density at radius 2 is 1.16 bits per heavy atom. The number of nitrogens with zero attached hydrogens (tertiary/aromatic N) is 1. The highest BCUT2D eigenvalue weighted by atomic mass is 16.4. The third-order valence-electron chi connectivity index (χ3n) is 5.45. The second-order valence-electron chi connectivity index (χ2n) is 7.97. The quantitative estimate of drug-likeness (QED) is 0.342. The number of carboxylic acids is 1. The molecule has 0 aromatic carbocycles. The first kappa shape index (κ1) is 24.4. The maximum Gasteiger partial charge on any atom is 0.0786 e. The number of piperidine rings is 1. The van der Waals surface area contributed by atoms with Crippen molar-refractivity contribution < 1.29 is 14.4 Å². The average molecular weight is 356 g/mol. The third-order valence-corrected chi connectivity index (χ3v) is 5.45. The minimum Gasteiger partial charge on any atom is -0.550 e. The van der Waals surface area contributed by atoms with Crippen LogP contribution in [-0.2, 0) is 4.79 Å². The third kappa shape index (κ3) is 15.4. The first-order chi connectivity index (χ1) is 12.1. The van der Waals surface area contributed by atoms with Gasteiger partial charge in [0.15, 0.2) is 0 Å². The summed E-state index contributed by atoms with van der Waals surface area (Å²) in [6, 6.07) is 0. The molecule has 1 aliphatic rings. The van der Waals surface area contributed by atoms with Gasteiger partial charge in [0, 0.05) is 5.97 Å². The molecule has 0 aromatic heterocycles. The van der Waals surface area contributed by atoms with Crippen LogP contribution >= 0.6 is 0 Å². The van der Waals surface area contributed by atoms with Gasteiger partial charge < -0.3 is 14.4 Å². The van der Waals surface area contributed by atoms with Crippen LogP contribution in [-0.4, -0.2) is 36.6 Å². The molecular weight excluding hydrogens is 310 g/mol. The number of quaternary nitrogens is 1. The Kier molecular flexibility index (Phi) is 16.5. The lowest BCUT2D eigenvalue weighted by molar-refractivity contribution is -0.932. The molecule has 0 radical (unpaired) electrons. The zero-order valence-corrected chi connectivity index (χ0v) is 17.5. The molecule has 0 aliphatic carbocycles. The molecule has 150 valence electrons. The largest absolute Gasteiger partial charge is 0.550 e. The molecule has 0 N–H and O–H groups in total. The van der Waals surface area contributed by atoms with Gasteiger partial charge in [0.05, 0.1) is 26.2 Å². The normalized spacial score (nSPS) is 16.1. The van der Waals surface area contributed by atoms with Gasteiger partial charge in [0.2, 0.25) is 0 Å². The Morgan fingerprint density at radius 3 is 1.60 bits per heavy atom. The van der Waals surface area contributed by atoms with Crippen molar-refractivity contribution in [2.24, 2.45) is 0 Å². The number of aliphatic carboxylic acids is 1. The lowest BCUT2D eigenvalue weighted by atomic mass is 10.0. The van der Waals surface area contributed by atoms with Crippen LogP contribution in [0.1, 0.15) is 111 Å². The smallest absolute Gasteiger partial charge is 0.0786 e. The van der Waals surface area contributed by atoms with Crippen molar-refractivity contribution in [3.05, 3.63) is 0 Å². The van der Waals surface area contributed by atoms with Gasteiger partial charge >= 0.3 is 0 Å². The van der Waals surface area contributed by atoms with E-state index in [1.54, 1.807) is 0 Å². The molecule has 0 amide bonds. The van der Waals surface area contributed by atoms with Gasteiger partial charge in [-0.2, -0.15) is 0 Å². The Hall–Kier alpha value is -0.570. The van der Waals surface area contributed by atoms with Crippen LogP contribution in [0, 0.1) is 0 Å². The van der Waals surface area contributed by atoms with Crippen molar-refractivity contribution in [2.75, 3.05) is 26.2 Å². The number of carbonyl (C=O) groups excluding carboxylic acids is 1. The Labute approximate surface area is 157 Å². The highest BCUT2D eigenvalue weighted by molar-refractivity contribution is 5.60. The molecule has 0 atom stereocenters. The van der Waals surface area contributed by atoms with E-state index in [4.69, 9.17) is 9.90 Å². The van der Waals surface area contributed by atoms with Crippen molar-refractivity contribution in [2.45, 2.75) is 111 Å². The van der Waals surface area contributed by atoms with Crippen LogP contribution in [0.5, 0.6) is 0 Å². The summed E-state index contributed by atoms with van der Waals surface area (Å²) in [5.41, 5.74) is 0. The molecule has 0 aromatic rings. The molecule has 1 rings (SSSR count). The summed E-state index contributed by atoms with van der Waals surface area (Å²) >= 11 is 0. The fourth-order valence-corrected chi connectivity index (χ4v) is 4.15. The zero-order valence-electron chi connectivity index (χ0n) is 17.5. The number of carboxylic acid groups (broad SMARTS) is 1. The van der Waals surface area contributed by atoms with E-state index in [0.29, 0.717) is 0 Å².